The Labute approximate surface area is 110 Å². The molecule has 0 bridgehead atoms. The molecule has 92 valence electrons. The average Bonchev–Trinajstić information content (AvgIpc) is 2.39. The molecule has 0 aliphatic heterocycles. The van der Waals surface area contributed by atoms with Crippen molar-refractivity contribution < 1.29 is 9.53 Å². The van der Waals surface area contributed by atoms with Crippen LogP contribution in [0.25, 0.3) is 0 Å². The fourth-order valence-electron chi connectivity index (χ4n) is 1.32. The predicted octanol–water partition coefficient (Wildman–Crippen LogP) is 3.02. The molecule has 0 fully saturated rings. The summed E-state index contributed by atoms with van der Waals surface area (Å²) >= 11 is 5.66. The van der Waals surface area contributed by atoms with Gasteiger partial charge in [0.25, 0.3) is 0 Å². The third-order valence-corrected chi connectivity index (χ3v) is 2.40. The molecule has 1 N–H and O–H groups in total. The van der Waals surface area contributed by atoms with Crippen LogP contribution in [0.1, 0.15) is 5.56 Å². The molecule has 4 nitrogen and oxygen atoms in total. The monoisotopic (exact) mass is 262 g/mol. The van der Waals surface area contributed by atoms with Crippen molar-refractivity contribution in [2.45, 2.75) is 6.54 Å². The molecule has 0 radical (unpaired) electrons. The molecule has 1 aromatic heterocycles. The van der Waals surface area contributed by atoms with Gasteiger partial charge < -0.3 is 10.1 Å². The van der Waals surface area contributed by atoms with E-state index in [2.05, 4.69) is 10.3 Å². The minimum atomic E-state index is -0.504. The van der Waals surface area contributed by atoms with Crippen molar-refractivity contribution in [3.8, 4) is 5.75 Å². The zero-order valence-corrected chi connectivity index (χ0v) is 10.2. The molecule has 0 aliphatic rings. The van der Waals surface area contributed by atoms with Crippen molar-refractivity contribution in [2.24, 2.45) is 0 Å². The van der Waals surface area contributed by atoms with Crippen LogP contribution < -0.4 is 10.1 Å². The first kappa shape index (κ1) is 12.4. The molecule has 18 heavy (non-hydrogen) atoms. The summed E-state index contributed by atoms with van der Waals surface area (Å²) in [5.74, 6) is 0.504. The van der Waals surface area contributed by atoms with Gasteiger partial charge in [-0.1, -0.05) is 35.9 Å². The van der Waals surface area contributed by atoms with E-state index in [1.165, 1.54) is 0 Å². The number of para-hydroxylation sites is 1. The summed E-state index contributed by atoms with van der Waals surface area (Å²) in [5.41, 5.74) is 0.851. The van der Waals surface area contributed by atoms with Gasteiger partial charge in [0.1, 0.15) is 10.9 Å². The van der Waals surface area contributed by atoms with Crippen LogP contribution in [-0.2, 0) is 6.54 Å². The third kappa shape index (κ3) is 3.75. The maximum absolute atomic E-state index is 11.5. The summed E-state index contributed by atoms with van der Waals surface area (Å²) in [6.07, 6.45) is 1.10. The van der Waals surface area contributed by atoms with Crippen molar-refractivity contribution in [3.05, 3.63) is 59.4 Å². The number of ether oxygens (including phenoxy) is 1. The lowest BCUT2D eigenvalue weighted by Gasteiger charge is -2.06. The quantitative estimate of drug-likeness (QED) is 0.865. The smallest absolute Gasteiger partial charge is 0.410 e. The Morgan fingerprint density at radius 3 is 2.67 bits per heavy atom. The normalized spacial score (nSPS) is 9.83. The highest BCUT2D eigenvalue weighted by Gasteiger charge is 2.03. The molecule has 0 saturated heterocycles. The Kier molecular flexibility index (Phi) is 4.15. The lowest BCUT2D eigenvalue weighted by molar-refractivity contribution is 0.200. The first-order valence-electron chi connectivity index (χ1n) is 5.35. The summed E-state index contributed by atoms with van der Waals surface area (Å²) in [5, 5.41) is 3.04. The van der Waals surface area contributed by atoms with Crippen molar-refractivity contribution in [1.82, 2.24) is 10.3 Å². The Bertz CT molecular complexity index is 514. The summed E-state index contributed by atoms with van der Waals surface area (Å²) < 4.78 is 5.06. The maximum Gasteiger partial charge on any atom is 0.412 e. The summed E-state index contributed by atoms with van der Waals surface area (Å²) in [7, 11) is 0. The molecular weight excluding hydrogens is 252 g/mol. The second-order valence-electron chi connectivity index (χ2n) is 3.55. The number of hydrogen-bond acceptors (Lipinski definition) is 3. The van der Waals surface area contributed by atoms with E-state index in [1.807, 2.05) is 6.07 Å². The Morgan fingerprint density at radius 1 is 1.22 bits per heavy atom. The van der Waals surface area contributed by atoms with Crippen molar-refractivity contribution in [3.63, 3.8) is 0 Å². The second-order valence-corrected chi connectivity index (χ2v) is 3.93. The van der Waals surface area contributed by atoms with Gasteiger partial charge in [0.05, 0.1) is 0 Å². The van der Waals surface area contributed by atoms with E-state index >= 15 is 0 Å². The largest absolute Gasteiger partial charge is 0.412 e. The number of nitrogens with one attached hydrogen (secondary N) is 1. The van der Waals surface area contributed by atoms with Crippen LogP contribution in [-0.4, -0.2) is 11.1 Å². The highest BCUT2D eigenvalue weighted by Crippen LogP contribution is 2.08. The van der Waals surface area contributed by atoms with Crippen LogP contribution in [0, 0.1) is 0 Å². The number of carbonyl (C=O) groups excluding carboxylic acids is 1. The second kappa shape index (κ2) is 6.02. The Hall–Kier alpha value is -2.07. The third-order valence-electron chi connectivity index (χ3n) is 2.18. The van der Waals surface area contributed by atoms with E-state index in [1.54, 1.807) is 42.6 Å². The number of rotatable bonds is 3. The fourth-order valence-corrected chi connectivity index (χ4v) is 1.43. The van der Waals surface area contributed by atoms with Crippen LogP contribution in [0.3, 0.4) is 0 Å². The fraction of sp³-hybridized carbons (Fsp3) is 0.0769. The lowest BCUT2D eigenvalue weighted by Crippen LogP contribution is -2.26. The number of aromatic nitrogens is 1. The van der Waals surface area contributed by atoms with E-state index in [0.717, 1.165) is 5.56 Å². The van der Waals surface area contributed by atoms with Gasteiger partial charge in [0.15, 0.2) is 0 Å². The van der Waals surface area contributed by atoms with Gasteiger partial charge in [-0.3, -0.25) is 0 Å². The van der Waals surface area contributed by atoms with Gasteiger partial charge in [-0.15, -0.1) is 0 Å². The molecule has 0 unspecified atom stereocenters. The number of carbonyl (C=O) groups is 1. The van der Waals surface area contributed by atoms with Gasteiger partial charge in [0.2, 0.25) is 0 Å². The van der Waals surface area contributed by atoms with Gasteiger partial charge in [0, 0.05) is 12.7 Å². The molecule has 1 heterocycles. The zero-order valence-electron chi connectivity index (χ0n) is 9.47. The number of amides is 1. The number of nitrogens with zero attached hydrogens (tertiary/aromatic N) is 1. The topological polar surface area (TPSA) is 51.2 Å². The number of hydrogen-bond donors (Lipinski definition) is 1. The van der Waals surface area contributed by atoms with Crippen molar-refractivity contribution in [1.29, 1.82) is 0 Å². The molecule has 0 atom stereocenters. The molecule has 0 spiro atoms. The molecular formula is C13H11ClN2O2. The first-order chi connectivity index (χ1) is 8.74. The standard InChI is InChI=1S/C13H11ClN2O2/c14-12-7-6-10(8-15-12)9-16-13(17)18-11-4-2-1-3-5-11/h1-8H,9H2,(H,16,17). The molecule has 0 aliphatic carbocycles. The van der Waals surface area contributed by atoms with Crippen molar-refractivity contribution >= 4 is 17.7 Å². The molecule has 1 aromatic carbocycles. The van der Waals surface area contributed by atoms with Gasteiger partial charge >= 0.3 is 6.09 Å². The molecule has 2 rings (SSSR count). The van der Waals surface area contributed by atoms with E-state index in [0.29, 0.717) is 17.4 Å². The minimum Gasteiger partial charge on any atom is -0.410 e. The highest BCUT2D eigenvalue weighted by atomic mass is 35.5. The highest BCUT2D eigenvalue weighted by molar-refractivity contribution is 6.29. The number of benzene rings is 1. The predicted molar refractivity (Wildman–Crippen MR) is 68.6 cm³/mol. The maximum atomic E-state index is 11.5. The molecule has 5 heteroatoms. The first-order valence-corrected chi connectivity index (χ1v) is 5.73. The molecule has 0 saturated carbocycles. The van der Waals surface area contributed by atoms with Crippen LogP contribution >= 0.6 is 11.6 Å². The van der Waals surface area contributed by atoms with Gasteiger partial charge in [-0.25, -0.2) is 9.78 Å². The minimum absolute atomic E-state index is 0.343. The summed E-state index contributed by atoms with van der Waals surface area (Å²) in [6, 6.07) is 12.3. The number of pyridine rings is 1. The zero-order chi connectivity index (χ0) is 12.8. The van der Waals surface area contributed by atoms with Gasteiger partial charge in [-0.2, -0.15) is 0 Å². The van der Waals surface area contributed by atoms with E-state index in [4.69, 9.17) is 16.3 Å². The number of halogens is 1. The summed E-state index contributed by atoms with van der Waals surface area (Å²) in [4.78, 5) is 15.4. The summed E-state index contributed by atoms with van der Waals surface area (Å²) in [6.45, 7) is 0.343. The van der Waals surface area contributed by atoms with Crippen LogP contribution in [0.4, 0.5) is 4.79 Å². The molecule has 1 amide bonds. The van der Waals surface area contributed by atoms with Crippen LogP contribution in [0.15, 0.2) is 48.7 Å². The van der Waals surface area contributed by atoms with Crippen molar-refractivity contribution in [2.75, 3.05) is 0 Å². The van der Waals surface area contributed by atoms with E-state index in [9.17, 15) is 4.79 Å². The SMILES string of the molecule is O=C(NCc1ccc(Cl)nc1)Oc1ccccc1. The Morgan fingerprint density at radius 2 is 2.00 bits per heavy atom. The van der Waals surface area contributed by atoms with E-state index < -0.39 is 6.09 Å². The van der Waals surface area contributed by atoms with Crippen LogP contribution in [0.2, 0.25) is 5.15 Å². The van der Waals surface area contributed by atoms with Crippen LogP contribution in [0.5, 0.6) is 5.75 Å². The van der Waals surface area contributed by atoms with Gasteiger partial charge in [-0.05, 0) is 23.8 Å². The Balaban J connectivity index is 1.83. The molecule has 2 aromatic rings. The lowest BCUT2D eigenvalue weighted by atomic mass is 10.3. The van der Waals surface area contributed by atoms with E-state index in [-0.39, 0.29) is 0 Å². The average molecular weight is 263 g/mol.